The minimum Gasteiger partial charge on any atom is -0.497 e. The Balaban J connectivity index is 1.51. The molecule has 2 aromatic carbocycles. The summed E-state index contributed by atoms with van der Waals surface area (Å²) in [6.07, 6.45) is 0.853. The number of fused-ring (bicyclic) bond motifs is 1. The first-order valence-electron chi connectivity index (χ1n) is 9.23. The quantitative estimate of drug-likeness (QED) is 0.649. The molecular formula is C22H24N2O3. The number of benzene rings is 2. The molecule has 5 nitrogen and oxygen atoms in total. The van der Waals surface area contributed by atoms with Gasteiger partial charge >= 0.3 is 0 Å². The fraction of sp³-hybridized carbons (Fsp3) is 0.318. The number of hydrogen-bond donors (Lipinski definition) is 3. The molecule has 3 aromatic rings. The van der Waals surface area contributed by atoms with E-state index in [9.17, 15) is 10.2 Å². The fourth-order valence-electron chi connectivity index (χ4n) is 3.93. The molecule has 0 spiro atoms. The van der Waals surface area contributed by atoms with Gasteiger partial charge in [0.1, 0.15) is 5.75 Å². The van der Waals surface area contributed by atoms with Crippen molar-refractivity contribution in [2.45, 2.75) is 37.1 Å². The zero-order valence-corrected chi connectivity index (χ0v) is 15.2. The molecule has 0 saturated heterocycles. The molecule has 1 saturated carbocycles. The van der Waals surface area contributed by atoms with Gasteiger partial charge in [0.25, 0.3) is 0 Å². The molecule has 27 heavy (non-hydrogen) atoms. The number of para-hydroxylation sites is 1. The van der Waals surface area contributed by atoms with E-state index in [1.54, 1.807) is 7.11 Å². The van der Waals surface area contributed by atoms with Crippen molar-refractivity contribution in [3.05, 3.63) is 71.9 Å². The van der Waals surface area contributed by atoms with Crippen LogP contribution in [-0.4, -0.2) is 40.6 Å². The van der Waals surface area contributed by atoms with E-state index < -0.39 is 12.2 Å². The number of nitrogens with zero attached hydrogens (tertiary/aromatic N) is 1. The third-order valence-corrected chi connectivity index (χ3v) is 5.42. The SMILES string of the molecule is COc1ccc(C2CC(O)C(O)C2NCc2cnc3ccccc3c2)cc1. The molecule has 5 heteroatoms. The highest BCUT2D eigenvalue weighted by molar-refractivity contribution is 5.78. The molecule has 0 aliphatic heterocycles. The normalized spacial score (nSPS) is 25.0. The van der Waals surface area contributed by atoms with Crippen LogP contribution in [0.25, 0.3) is 10.9 Å². The first kappa shape index (κ1) is 17.9. The third-order valence-electron chi connectivity index (χ3n) is 5.42. The van der Waals surface area contributed by atoms with Gasteiger partial charge in [-0.15, -0.1) is 0 Å². The largest absolute Gasteiger partial charge is 0.497 e. The number of aliphatic hydroxyl groups is 2. The van der Waals surface area contributed by atoms with Crippen LogP contribution in [0.1, 0.15) is 23.5 Å². The smallest absolute Gasteiger partial charge is 0.118 e. The molecule has 1 fully saturated rings. The Hall–Kier alpha value is -2.47. The second-order valence-electron chi connectivity index (χ2n) is 7.12. The second-order valence-corrected chi connectivity index (χ2v) is 7.12. The lowest BCUT2D eigenvalue weighted by Crippen LogP contribution is -2.41. The lowest BCUT2D eigenvalue weighted by atomic mass is 9.93. The van der Waals surface area contributed by atoms with Crippen LogP contribution in [0.15, 0.2) is 60.8 Å². The van der Waals surface area contributed by atoms with Crippen molar-refractivity contribution in [3.63, 3.8) is 0 Å². The van der Waals surface area contributed by atoms with E-state index in [1.807, 2.05) is 54.7 Å². The van der Waals surface area contributed by atoms with E-state index in [0.717, 1.165) is 27.8 Å². The summed E-state index contributed by atoms with van der Waals surface area (Å²) in [6, 6.07) is 17.7. The summed E-state index contributed by atoms with van der Waals surface area (Å²) >= 11 is 0. The fourth-order valence-corrected chi connectivity index (χ4v) is 3.93. The van der Waals surface area contributed by atoms with Crippen molar-refractivity contribution >= 4 is 10.9 Å². The van der Waals surface area contributed by atoms with Gasteiger partial charge < -0.3 is 20.3 Å². The van der Waals surface area contributed by atoms with E-state index in [-0.39, 0.29) is 12.0 Å². The maximum absolute atomic E-state index is 10.5. The summed E-state index contributed by atoms with van der Waals surface area (Å²) in [6.45, 7) is 0.582. The van der Waals surface area contributed by atoms with Crippen molar-refractivity contribution in [1.29, 1.82) is 0 Å². The number of methoxy groups -OCH3 is 1. The van der Waals surface area contributed by atoms with Crippen molar-refractivity contribution in [2.75, 3.05) is 7.11 Å². The monoisotopic (exact) mass is 364 g/mol. The Bertz CT molecular complexity index is 913. The van der Waals surface area contributed by atoms with Crippen molar-refractivity contribution in [1.82, 2.24) is 10.3 Å². The van der Waals surface area contributed by atoms with E-state index in [4.69, 9.17) is 4.74 Å². The third kappa shape index (κ3) is 3.67. The van der Waals surface area contributed by atoms with Gasteiger partial charge in [0.15, 0.2) is 0 Å². The van der Waals surface area contributed by atoms with Crippen LogP contribution in [0.2, 0.25) is 0 Å². The Morgan fingerprint density at radius 3 is 2.67 bits per heavy atom. The molecule has 4 atom stereocenters. The summed E-state index contributed by atoms with van der Waals surface area (Å²) in [7, 11) is 1.64. The van der Waals surface area contributed by atoms with Crippen LogP contribution >= 0.6 is 0 Å². The van der Waals surface area contributed by atoms with Gasteiger partial charge in [-0.25, -0.2) is 0 Å². The maximum atomic E-state index is 10.5. The topological polar surface area (TPSA) is 74.6 Å². The lowest BCUT2D eigenvalue weighted by Gasteiger charge is -2.24. The molecule has 1 aliphatic carbocycles. The summed E-state index contributed by atoms with van der Waals surface area (Å²) in [5.74, 6) is 0.832. The number of pyridine rings is 1. The Morgan fingerprint density at radius 2 is 1.89 bits per heavy atom. The van der Waals surface area contributed by atoms with Gasteiger partial charge in [-0.1, -0.05) is 30.3 Å². The average Bonchev–Trinajstić information content (AvgIpc) is 3.00. The predicted octanol–water partition coefficient (Wildman–Crippen LogP) is 2.61. The summed E-state index contributed by atoms with van der Waals surface area (Å²) in [5, 5.41) is 25.2. The van der Waals surface area contributed by atoms with Gasteiger partial charge in [-0.3, -0.25) is 4.98 Å². The Kier molecular flexibility index (Phi) is 5.07. The number of ether oxygens (including phenoxy) is 1. The molecule has 0 amide bonds. The van der Waals surface area contributed by atoms with E-state index in [0.29, 0.717) is 13.0 Å². The molecular weight excluding hydrogens is 340 g/mol. The number of aliphatic hydroxyl groups excluding tert-OH is 2. The van der Waals surface area contributed by atoms with Crippen LogP contribution in [0.4, 0.5) is 0 Å². The molecule has 4 rings (SSSR count). The minimum atomic E-state index is -0.800. The zero-order chi connectivity index (χ0) is 18.8. The van der Waals surface area contributed by atoms with E-state index in [1.165, 1.54) is 0 Å². The predicted molar refractivity (Wildman–Crippen MR) is 105 cm³/mol. The minimum absolute atomic E-state index is 0.0364. The Labute approximate surface area is 158 Å². The van der Waals surface area contributed by atoms with Crippen molar-refractivity contribution in [2.24, 2.45) is 0 Å². The molecule has 1 heterocycles. The van der Waals surface area contributed by atoms with Crippen molar-refractivity contribution in [3.8, 4) is 5.75 Å². The van der Waals surface area contributed by atoms with Gasteiger partial charge in [0.2, 0.25) is 0 Å². The summed E-state index contributed by atoms with van der Waals surface area (Å²) in [5.41, 5.74) is 3.10. The van der Waals surface area contributed by atoms with Crippen LogP contribution < -0.4 is 10.1 Å². The summed E-state index contributed by atoms with van der Waals surface area (Å²) < 4.78 is 5.22. The molecule has 0 radical (unpaired) electrons. The zero-order valence-electron chi connectivity index (χ0n) is 15.2. The molecule has 140 valence electrons. The van der Waals surface area contributed by atoms with Gasteiger partial charge in [0.05, 0.1) is 24.8 Å². The number of nitrogens with one attached hydrogen (secondary N) is 1. The number of rotatable bonds is 5. The van der Waals surface area contributed by atoms with Crippen LogP contribution in [0.5, 0.6) is 5.75 Å². The second kappa shape index (κ2) is 7.64. The van der Waals surface area contributed by atoms with Gasteiger partial charge in [0, 0.05) is 30.1 Å². The van der Waals surface area contributed by atoms with Crippen LogP contribution in [0.3, 0.4) is 0 Å². The standard InChI is InChI=1S/C22H24N2O3/c1-27-17-8-6-15(7-9-17)18-11-20(25)22(26)21(18)24-13-14-10-16-4-2-3-5-19(16)23-12-14/h2-10,12,18,20-22,24-26H,11,13H2,1H3. The van der Waals surface area contributed by atoms with Gasteiger partial charge in [-0.2, -0.15) is 0 Å². The van der Waals surface area contributed by atoms with Gasteiger partial charge in [-0.05, 0) is 41.8 Å². The highest BCUT2D eigenvalue weighted by Gasteiger charge is 2.41. The first-order chi connectivity index (χ1) is 13.2. The first-order valence-corrected chi connectivity index (χ1v) is 9.23. The lowest BCUT2D eigenvalue weighted by molar-refractivity contribution is 0.0297. The summed E-state index contributed by atoms with van der Waals surface area (Å²) in [4.78, 5) is 4.49. The van der Waals surface area contributed by atoms with Crippen LogP contribution in [-0.2, 0) is 6.54 Å². The molecule has 0 bridgehead atoms. The molecule has 1 aromatic heterocycles. The van der Waals surface area contributed by atoms with Crippen molar-refractivity contribution < 1.29 is 14.9 Å². The maximum Gasteiger partial charge on any atom is 0.118 e. The van der Waals surface area contributed by atoms with E-state index >= 15 is 0 Å². The number of hydrogen-bond acceptors (Lipinski definition) is 5. The van der Waals surface area contributed by atoms with Crippen LogP contribution in [0, 0.1) is 0 Å². The molecule has 4 unspecified atom stereocenters. The highest BCUT2D eigenvalue weighted by atomic mass is 16.5. The average molecular weight is 364 g/mol. The molecule has 1 aliphatic rings. The molecule has 3 N–H and O–H groups in total. The Morgan fingerprint density at radius 1 is 1.11 bits per heavy atom. The number of aromatic nitrogens is 1. The van der Waals surface area contributed by atoms with E-state index in [2.05, 4.69) is 16.4 Å². The highest BCUT2D eigenvalue weighted by Crippen LogP contribution is 2.36.